The van der Waals surface area contributed by atoms with Crippen LogP contribution in [0.5, 0.6) is 0 Å². The van der Waals surface area contributed by atoms with Crippen LogP contribution in [-0.4, -0.2) is 0 Å². The number of hydrogen-bond acceptors (Lipinski definition) is 3. The van der Waals surface area contributed by atoms with Gasteiger partial charge in [-0.3, -0.25) is 0 Å². The first kappa shape index (κ1) is 26.1. The predicted molar refractivity (Wildman–Crippen MR) is 187 cm³/mol. The Morgan fingerprint density at radius 3 is 1.63 bits per heavy atom. The summed E-state index contributed by atoms with van der Waals surface area (Å²) in [6, 6.07) is 54.4. The molecule has 46 heavy (non-hydrogen) atoms. The average Bonchev–Trinajstić information content (AvgIpc) is 3.69. The van der Waals surface area contributed by atoms with Crippen LogP contribution < -0.4 is 0 Å². The zero-order valence-corrected chi connectivity index (χ0v) is 24.7. The third-order valence-electron chi connectivity index (χ3n) is 8.95. The molecule has 214 valence electrons. The van der Waals surface area contributed by atoms with Gasteiger partial charge in [0.2, 0.25) is 0 Å². The SMILES string of the molecule is N#Cc1cc(-c2ccccc2)ccc1-c1cccc(-c2ccc3oc4ccccc4c3c2)c1-c1ccc2oc3ccccc3c2c1. The molecule has 0 amide bonds. The molecule has 9 rings (SSSR count). The second-order valence-corrected chi connectivity index (χ2v) is 11.6. The highest BCUT2D eigenvalue weighted by Crippen LogP contribution is 2.44. The Morgan fingerprint density at radius 1 is 0.370 bits per heavy atom. The van der Waals surface area contributed by atoms with Gasteiger partial charge in [0.15, 0.2) is 0 Å². The van der Waals surface area contributed by atoms with E-state index in [1.807, 2.05) is 60.7 Å². The van der Waals surface area contributed by atoms with Crippen molar-refractivity contribution in [1.82, 2.24) is 0 Å². The van der Waals surface area contributed by atoms with E-state index in [1.165, 1.54) is 0 Å². The molecule has 3 nitrogen and oxygen atoms in total. The summed E-state index contributed by atoms with van der Waals surface area (Å²) in [5.74, 6) is 0. The second-order valence-electron chi connectivity index (χ2n) is 11.6. The van der Waals surface area contributed by atoms with Crippen LogP contribution in [0.2, 0.25) is 0 Å². The molecule has 0 saturated carbocycles. The molecular weight excluding hydrogens is 562 g/mol. The highest BCUT2D eigenvalue weighted by Gasteiger charge is 2.19. The maximum atomic E-state index is 10.5. The first-order chi connectivity index (χ1) is 22.7. The van der Waals surface area contributed by atoms with Gasteiger partial charge in [0, 0.05) is 27.1 Å². The summed E-state index contributed by atoms with van der Waals surface area (Å²) in [4.78, 5) is 0. The van der Waals surface area contributed by atoms with E-state index in [0.717, 1.165) is 88.4 Å². The number of rotatable bonds is 4. The zero-order valence-electron chi connectivity index (χ0n) is 24.7. The molecule has 0 spiro atoms. The van der Waals surface area contributed by atoms with Crippen molar-refractivity contribution in [2.45, 2.75) is 0 Å². The minimum absolute atomic E-state index is 0.630. The molecular formula is C43H25NO2. The zero-order chi connectivity index (χ0) is 30.6. The fourth-order valence-electron chi connectivity index (χ4n) is 6.79. The fourth-order valence-corrected chi connectivity index (χ4v) is 6.79. The third kappa shape index (κ3) is 4.13. The Kier molecular flexibility index (Phi) is 5.88. The highest BCUT2D eigenvalue weighted by atomic mass is 16.3. The van der Waals surface area contributed by atoms with E-state index in [4.69, 9.17) is 8.83 Å². The number of nitriles is 1. The van der Waals surface area contributed by atoms with Crippen LogP contribution in [0.15, 0.2) is 160 Å². The van der Waals surface area contributed by atoms with Crippen LogP contribution in [0, 0.1) is 11.3 Å². The normalized spacial score (nSPS) is 11.5. The molecule has 0 radical (unpaired) electrons. The maximum absolute atomic E-state index is 10.5. The first-order valence-corrected chi connectivity index (χ1v) is 15.3. The van der Waals surface area contributed by atoms with Crippen LogP contribution in [0.3, 0.4) is 0 Å². The quantitative estimate of drug-likeness (QED) is 0.206. The fraction of sp³-hybridized carbons (Fsp3) is 0. The molecule has 0 aliphatic rings. The topological polar surface area (TPSA) is 50.1 Å². The summed E-state index contributed by atoms with van der Waals surface area (Å²) < 4.78 is 12.4. The summed E-state index contributed by atoms with van der Waals surface area (Å²) in [6.07, 6.45) is 0. The standard InChI is InChI=1S/C43H25NO2/c44-26-31-23-28(27-9-2-1-3-10-27)17-20-32(31)36-14-8-13-33(29-18-21-41-37(24-29)34-11-4-6-15-39(34)45-41)43(36)30-19-22-42-38(25-30)35-12-5-7-16-40(35)46-42/h1-25H. The molecule has 0 aliphatic carbocycles. The largest absolute Gasteiger partial charge is 0.456 e. The number of benzene rings is 7. The lowest BCUT2D eigenvalue weighted by Crippen LogP contribution is -1.93. The molecule has 3 heteroatoms. The summed E-state index contributed by atoms with van der Waals surface area (Å²) in [5, 5.41) is 14.8. The van der Waals surface area contributed by atoms with Crippen molar-refractivity contribution in [3.63, 3.8) is 0 Å². The Bertz CT molecular complexity index is 2650. The van der Waals surface area contributed by atoms with E-state index in [-0.39, 0.29) is 0 Å². The molecule has 0 fully saturated rings. The Morgan fingerprint density at radius 2 is 0.935 bits per heavy atom. The molecule has 7 aromatic carbocycles. The van der Waals surface area contributed by atoms with Gasteiger partial charge in [0.05, 0.1) is 11.6 Å². The Labute approximate surface area is 265 Å². The van der Waals surface area contributed by atoms with Crippen molar-refractivity contribution >= 4 is 43.9 Å². The lowest BCUT2D eigenvalue weighted by Gasteiger charge is -2.18. The highest BCUT2D eigenvalue weighted by molar-refractivity contribution is 6.09. The van der Waals surface area contributed by atoms with Crippen molar-refractivity contribution in [2.75, 3.05) is 0 Å². The molecule has 0 aliphatic heterocycles. The van der Waals surface area contributed by atoms with Crippen LogP contribution in [0.1, 0.15) is 5.56 Å². The van der Waals surface area contributed by atoms with Crippen molar-refractivity contribution in [3.8, 4) is 50.6 Å². The van der Waals surface area contributed by atoms with Gasteiger partial charge in [-0.1, -0.05) is 109 Å². The van der Waals surface area contributed by atoms with Crippen molar-refractivity contribution in [1.29, 1.82) is 5.26 Å². The van der Waals surface area contributed by atoms with Crippen molar-refractivity contribution in [3.05, 3.63) is 157 Å². The van der Waals surface area contributed by atoms with Crippen molar-refractivity contribution < 1.29 is 8.83 Å². The Balaban J connectivity index is 1.32. The summed E-state index contributed by atoms with van der Waals surface area (Å²) in [7, 11) is 0. The minimum atomic E-state index is 0.630. The molecule has 0 N–H and O–H groups in total. The van der Waals surface area contributed by atoms with Gasteiger partial charge in [0.1, 0.15) is 22.3 Å². The van der Waals surface area contributed by atoms with Crippen LogP contribution in [0.25, 0.3) is 88.4 Å². The third-order valence-corrected chi connectivity index (χ3v) is 8.95. The van der Waals surface area contributed by atoms with Gasteiger partial charge < -0.3 is 8.83 Å². The van der Waals surface area contributed by atoms with Crippen LogP contribution >= 0.6 is 0 Å². The monoisotopic (exact) mass is 587 g/mol. The molecule has 0 atom stereocenters. The molecule has 0 unspecified atom stereocenters. The number of nitrogens with zero attached hydrogens (tertiary/aromatic N) is 1. The number of hydrogen-bond donors (Lipinski definition) is 0. The summed E-state index contributed by atoms with van der Waals surface area (Å²) in [5.41, 5.74) is 12.3. The van der Waals surface area contributed by atoms with Gasteiger partial charge in [0.25, 0.3) is 0 Å². The van der Waals surface area contributed by atoms with Gasteiger partial charge in [-0.15, -0.1) is 0 Å². The molecule has 0 saturated heterocycles. The van der Waals surface area contributed by atoms with E-state index >= 15 is 0 Å². The smallest absolute Gasteiger partial charge is 0.135 e. The molecule has 2 heterocycles. The number of para-hydroxylation sites is 2. The predicted octanol–water partition coefficient (Wildman–Crippen LogP) is 12.0. The molecule has 9 aromatic rings. The lowest BCUT2D eigenvalue weighted by molar-refractivity contribution is 0.668. The number of fused-ring (bicyclic) bond motifs is 6. The Hall–Kier alpha value is -6.37. The van der Waals surface area contributed by atoms with Gasteiger partial charge in [-0.2, -0.15) is 5.26 Å². The van der Waals surface area contributed by atoms with Gasteiger partial charge in [-0.05, 0) is 81.4 Å². The minimum Gasteiger partial charge on any atom is -0.456 e. The van der Waals surface area contributed by atoms with Crippen molar-refractivity contribution in [2.24, 2.45) is 0 Å². The van der Waals surface area contributed by atoms with E-state index in [1.54, 1.807) is 0 Å². The van der Waals surface area contributed by atoms with Crippen LogP contribution in [-0.2, 0) is 0 Å². The van der Waals surface area contributed by atoms with Gasteiger partial charge >= 0.3 is 0 Å². The number of furan rings is 2. The maximum Gasteiger partial charge on any atom is 0.135 e. The van der Waals surface area contributed by atoms with E-state index in [2.05, 4.69) is 97.1 Å². The van der Waals surface area contributed by atoms with E-state index in [9.17, 15) is 5.26 Å². The summed E-state index contributed by atoms with van der Waals surface area (Å²) in [6.45, 7) is 0. The lowest BCUT2D eigenvalue weighted by atomic mass is 9.85. The molecule has 2 aromatic heterocycles. The summed E-state index contributed by atoms with van der Waals surface area (Å²) >= 11 is 0. The second kappa shape index (κ2) is 10.4. The van der Waals surface area contributed by atoms with E-state index in [0.29, 0.717) is 5.56 Å². The first-order valence-electron chi connectivity index (χ1n) is 15.3. The average molecular weight is 588 g/mol. The van der Waals surface area contributed by atoms with Crippen LogP contribution in [0.4, 0.5) is 0 Å². The van der Waals surface area contributed by atoms with Gasteiger partial charge in [-0.25, -0.2) is 0 Å². The van der Waals surface area contributed by atoms with E-state index < -0.39 is 0 Å². The molecule has 0 bridgehead atoms.